The molecule has 1 amide bonds. The first-order valence-corrected chi connectivity index (χ1v) is 8.11. The molecule has 0 saturated heterocycles. The molecular weight excluding hydrogens is 350 g/mol. The molecule has 21 heavy (non-hydrogen) atoms. The van der Waals surface area contributed by atoms with Gasteiger partial charge in [-0.3, -0.25) is 4.79 Å². The Labute approximate surface area is 137 Å². The zero-order chi connectivity index (χ0) is 15.0. The van der Waals surface area contributed by atoms with Gasteiger partial charge in [0.2, 0.25) is 0 Å². The van der Waals surface area contributed by atoms with Crippen molar-refractivity contribution in [2.45, 2.75) is 19.8 Å². The summed E-state index contributed by atoms with van der Waals surface area (Å²) in [6.07, 6.45) is 2.00. The zero-order valence-electron chi connectivity index (χ0n) is 11.7. The predicted octanol–water partition coefficient (Wildman–Crippen LogP) is 5.00. The van der Waals surface area contributed by atoms with Gasteiger partial charge in [0.15, 0.2) is 0 Å². The lowest BCUT2D eigenvalue weighted by atomic mass is 9.97. The van der Waals surface area contributed by atoms with Crippen LogP contribution in [0.1, 0.15) is 27.9 Å². The van der Waals surface area contributed by atoms with Crippen LogP contribution in [0.4, 0.5) is 5.69 Å². The Morgan fingerprint density at radius 2 is 2.00 bits per heavy atom. The summed E-state index contributed by atoms with van der Waals surface area (Å²) in [5.74, 6) is -0.0310. The molecule has 108 valence electrons. The van der Waals surface area contributed by atoms with Crippen molar-refractivity contribution in [1.29, 1.82) is 0 Å². The number of anilines is 1. The van der Waals surface area contributed by atoms with Gasteiger partial charge < -0.3 is 4.90 Å². The van der Waals surface area contributed by atoms with E-state index in [0.29, 0.717) is 10.6 Å². The summed E-state index contributed by atoms with van der Waals surface area (Å²) in [5.41, 5.74) is 3.96. The monoisotopic (exact) mass is 363 g/mol. The van der Waals surface area contributed by atoms with Crippen LogP contribution in [0.3, 0.4) is 0 Å². The van der Waals surface area contributed by atoms with Gasteiger partial charge in [0, 0.05) is 11.0 Å². The number of carbonyl (C=O) groups excluding carboxylic acids is 1. The summed E-state index contributed by atoms with van der Waals surface area (Å²) in [7, 11) is 0. The van der Waals surface area contributed by atoms with Crippen molar-refractivity contribution >= 4 is 39.1 Å². The average molecular weight is 365 g/mol. The second-order valence-electron chi connectivity index (χ2n) is 5.24. The maximum Gasteiger partial charge on any atom is 0.259 e. The largest absolute Gasteiger partial charge is 0.308 e. The predicted molar refractivity (Wildman–Crippen MR) is 90.3 cm³/mol. The van der Waals surface area contributed by atoms with Crippen molar-refractivity contribution in [3.8, 4) is 0 Å². The SMILES string of the molecule is Cc1cccc2c1N(C(=O)c1cccc(Br)c1Cl)CCC2. The Morgan fingerprint density at radius 1 is 1.24 bits per heavy atom. The Balaban J connectivity index is 2.07. The summed E-state index contributed by atoms with van der Waals surface area (Å²) in [4.78, 5) is 14.8. The van der Waals surface area contributed by atoms with Crippen molar-refractivity contribution in [1.82, 2.24) is 0 Å². The number of amides is 1. The second-order valence-corrected chi connectivity index (χ2v) is 6.48. The van der Waals surface area contributed by atoms with Gasteiger partial charge in [0.1, 0.15) is 0 Å². The molecule has 0 fully saturated rings. The summed E-state index contributed by atoms with van der Waals surface area (Å²) >= 11 is 9.66. The lowest BCUT2D eigenvalue weighted by Gasteiger charge is -2.31. The molecule has 0 radical (unpaired) electrons. The fourth-order valence-electron chi connectivity index (χ4n) is 2.86. The van der Waals surface area contributed by atoms with E-state index in [2.05, 4.69) is 22.0 Å². The van der Waals surface area contributed by atoms with E-state index in [1.165, 1.54) is 5.56 Å². The van der Waals surface area contributed by atoms with Gasteiger partial charge >= 0.3 is 0 Å². The number of hydrogen-bond acceptors (Lipinski definition) is 1. The summed E-state index contributed by atoms with van der Waals surface area (Å²) in [6, 6.07) is 11.7. The molecule has 0 unspecified atom stereocenters. The standard InChI is InChI=1S/C17H15BrClNO/c1-11-5-2-6-12-7-4-10-20(16(11)12)17(21)13-8-3-9-14(18)15(13)19/h2-3,5-6,8-9H,4,7,10H2,1H3. The van der Waals surface area contributed by atoms with Crippen molar-refractivity contribution in [2.75, 3.05) is 11.4 Å². The van der Waals surface area contributed by atoms with Crippen molar-refractivity contribution < 1.29 is 4.79 Å². The number of halogens is 2. The molecule has 1 aliphatic rings. The number of carbonyl (C=O) groups is 1. The molecule has 4 heteroatoms. The van der Waals surface area contributed by atoms with Crippen LogP contribution < -0.4 is 4.90 Å². The zero-order valence-corrected chi connectivity index (χ0v) is 14.0. The molecular formula is C17H15BrClNO. The molecule has 1 heterocycles. The van der Waals surface area contributed by atoms with E-state index in [4.69, 9.17) is 11.6 Å². The average Bonchev–Trinajstić information content (AvgIpc) is 2.49. The van der Waals surface area contributed by atoms with Gasteiger partial charge in [-0.25, -0.2) is 0 Å². The Bertz CT molecular complexity index is 714. The molecule has 1 aliphatic heterocycles. The van der Waals surface area contributed by atoms with Crippen LogP contribution in [0.5, 0.6) is 0 Å². The first-order chi connectivity index (χ1) is 10.1. The van der Waals surface area contributed by atoms with E-state index in [9.17, 15) is 4.79 Å². The highest BCUT2D eigenvalue weighted by molar-refractivity contribution is 9.10. The molecule has 0 bridgehead atoms. The minimum Gasteiger partial charge on any atom is -0.308 e. The summed E-state index contributed by atoms with van der Waals surface area (Å²) in [6.45, 7) is 2.78. The molecule has 2 nitrogen and oxygen atoms in total. The second kappa shape index (κ2) is 5.82. The number of para-hydroxylation sites is 1. The van der Waals surface area contributed by atoms with Gasteiger partial charge in [-0.15, -0.1) is 0 Å². The van der Waals surface area contributed by atoms with Gasteiger partial charge in [-0.1, -0.05) is 35.9 Å². The third kappa shape index (κ3) is 2.60. The molecule has 0 saturated carbocycles. The van der Waals surface area contributed by atoms with Gasteiger partial charge in [0.25, 0.3) is 5.91 Å². The Hall–Kier alpha value is -1.32. The van der Waals surface area contributed by atoms with Gasteiger partial charge in [-0.05, 0) is 59.0 Å². The minimum absolute atomic E-state index is 0.0310. The first-order valence-electron chi connectivity index (χ1n) is 6.94. The van der Waals surface area contributed by atoms with E-state index in [0.717, 1.165) is 35.1 Å². The van der Waals surface area contributed by atoms with E-state index < -0.39 is 0 Å². The van der Waals surface area contributed by atoms with Crippen LogP contribution in [0.15, 0.2) is 40.9 Å². The van der Waals surface area contributed by atoms with Crippen LogP contribution >= 0.6 is 27.5 Å². The number of nitrogens with zero attached hydrogens (tertiary/aromatic N) is 1. The summed E-state index contributed by atoms with van der Waals surface area (Å²) in [5, 5.41) is 0.475. The van der Waals surface area contributed by atoms with Crippen LogP contribution in [0, 0.1) is 6.92 Å². The highest BCUT2D eigenvalue weighted by atomic mass is 79.9. The first kappa shape index (κ1) is 14.6. The fourth-order valence-corrected chi connectivity index (χ4v) is 3.44. The van der Waals surface area contributed by atoms with Crippen LogP contribution in [0.2, 0.25) is 5.02 Å². The van der Waals surface area contributed by atoms with Gasteiger partial charge in [0.05, 0.1) is 16.3 Å². The van der Waals surface area contributed by atoms with E-state index >= 15 is 0 Å². The molecule has 0 N–H and O–H groups in total. The molecule has 3 rings (SSSR count). The quantitative estimate of drug-likeness (QED) is 0.697. The highest BCUT2D eigenvalue weighted by Gasteiger charge is 2.26. The number of aryl methyl sites for hydroxylation is 2. The Kier molecular flexibility index (Phi) is 4.05. The minimum atomic E-state index is -0.0310. The highest BCUT2D eigenvalue weighted by Crippen LogP contribution is 2.34. The van der Waals surface area contributed by atoms with Crippen LogP contribution in [0.25, 0.3) is 0 Å². The summed E-state index contributed by atoms with van der Waals surface area (Å²) < 4.78 is 0.747. The number of hydrogen-bond donors (Lipinski definition) is 0. The van der Waals surface area contributed by atoms with E-state index in [1.54, 1.807) is 6.07 Å². The number of benzene rings is 2. The Morgan fingerprint density at radius 3 is 2.81 bits per heavy atom. The fraction of sp³-hybridized carbons (Fsp3) is 0.235. The molecule has 0 aromatic heterocycles. The maximum absolute atomic E-state index is 12.9. The van der Waals surface area contributed by atoms with E-state index in [1.807, 2.05) is 36.1 Å². The van der Waals surface area contributed by atoms with Gasteiger partial charge in [-0.2, -0.15) is 0 Å². The molecule has 0 atom stereocenters. The smallest absolute Gasteiger partial charge is 0.259 e. The third-order valence-corrected chi connectivity index (χ3v) is 5.14. The molecule has 2 aromatic rings. The maximum atomic E-state index is 12.9. The van der Waals surface area contributed by atoms with Crippen LogP contribution in [-0.4, -0.2) is 12.5 Å². The van der Waals surface area contributed by atoms with Crippen molar-refractivity contribution in [3.63, 3.8) is 0 Å². The number of fused-ring (bicyclic) bond motifs is 1. The molecule has 0 aliphatic carbocycles. The van der Waals surface area contributed by atoms with Crippen LogP contribution in [-0.2, 0) is 6.42 Å². The molecule has 2 aromatic carbocycles. The normalized spacial score (nSPS) is 14.0. The van der Waals surface area contributed by atoms with Crippen molar-refractivity contribution in [2.24, 2.45) is 0 Å². The lowest BCUT2D eigenvalue weighted by molar-refractivity contribution is 0.0985. The van der Waals surface area contributed by atoms with E-state index in [-0.39, 0.29) is 5.91 Å². The lowest BCUT2D eigenvalue weighted by Crippen LogP contribution is -2.36. The topological polar surface area (TPSA) is 20.3 Å². The molecule has 0 spiro atoms. The number of rotatable bonds is 1. The van der Waals surface area contributed by atoms with Crippen molar-refractivity contribution in [3.05, 3.63) is 62.6 Å². The third-order valence-electron chi connectivity index (χ3n) is 3.85.